The molecule has 0 aromatic heterocycles. The Hall–Kier alpha value is -1.06. The topological polar surface area (TPSA) is 27.7 Å². The summed E-state index contributed by atoms with van der Waals surface area (Å²) < 4.78 is 18.6. The van der Waals surface area contributed by atoms with Crippen molar-refractivity contribution in [3.63, 3.8) is 0 Å². The molecule has 0 radical (unpaired) electrons. The van der Waals surface area contributed by atoms with E-state index in [1.165, 1.54) is 11.1 Å². The Bertz CT molecular complexity index is 638. The van der Waals surface area contributed by atoms with Crippen LogP contribution in [0.5, 0.6) is 0 Å². The van der Waals surface area contributed by atoms with Crippen molar-refractivity contribution in [2.45, 2.75) is 85.4 Å². The van der Waals surface area contributed by atoms with Gasteiger partial charge in [-0.05, 0) is 78.2 Å². The van der Waals surface area contributed by atoms with Gasteiger partial charge in [-0.1, -0.05) is 30.2 Å². The van der Waals surface area contributed by atoms with Gasteiger partial charge >= 0.3 is 0 Å². The highest BCUT2D eigenvalue weighted by atomic mass is 16.5. The average Bonchev–Trinajstić information content (AvgIpc) is 2.63. The van der Waals surface area contributed by atoms with Gasteiger partial charge in [-0.2, -0.15) is 0 Å². The Morgan fingerprint density at radius 1 is 1.07 bits per heavy atom. The molecule has 0 heterocycles. The summed E-state index contributed by atoms with van der Waals surface area (Å²) in [7, 11) is 5.56. The van der Waals surface area contributed by atoms with E-state index in [-0.39, 0.29) is 22.5 Å². The fourth-order valence-electron chi connectivity index (χ4n) is 5.94. The highest BCUT2D eigenvalue weighted by Crippen LogP contribution is 2.66. The lowest BCUT2D eigenvalue weighted by Crippen LogP contribution is -2.67. The summed E-state index contributed by atoms with van der Waals surface area (Å²) in [6.45, 7) is 13.4. The molecule has 2 aliphatic rings. The van der Waals surface area contributed by atoms with Crippen molar-refractivity contribution >= 4 is 0 Å². The van der Waals surface area contributed by atoms with Gasteiger partial charge in [0.2, 0.25) is 0 Å². The first-order valence-electron chi connectivity index (χ1n) is 10.7. The normalized spacial score (nSPS) is 37.1. The van der Waals surface area contributed by atoms with Gasteiger partial charge in [0.25, 0.3) is 0 Å². The number of allylic oxidation sites excluding steroid dienone is 5. The fraction of sp³-hybridized carbons (Fsp3) is 0.760. The third-order valence-corrected chi connectivity index (χ3v) is 7.71. The van der Waals surface area contributed by atoms with E-state index in [1.54, 1.807) is 7.11 Å². The van der Waals surface area contributed by atoms with Crippen LogP contribution in [-0.2, 0) is 14.2 Å². The molecule has 1 saturated carbocycles. The molecule has 0 N–H and O–H groups in total. The Labute approximate surface area is 173 Å². The summed E-state index contributed by atoms with van der Waals surface area (Å²) in [6.07, 6.45) is 12.2. The minimum absolute atomic E-state index is 0.0513. The molecule has 3 nitrogen and oxygen atoms in total. The van der Waals surface area contributed by atoms with Crippen molar-refractivity contribution in [2.24, 2.45) is 16.7 Å². The number of rotatable bonds is 8. The van der Waals surface area contributed by atoms with Gasteiger partial charge in [0, 0.05) is 20.1 Å². The number of hydrogen-bond acceptors (Lipinski definition) is 3. The van der Waals surface area contributed by atoms with Crippen LogP contribution in [0.15, 0.2) is 35.1 Å². The monoisotopic (exact) mass is 390 g/mol. The van der Waals surface area contributed by atoms with Gasteiger partial charge in [-0.25, -0.2) is 0 Å². The minimum atomic E-state index is -0.298. The van der Waals surface area contributed by atoms with Gasteiger partial charge < -0.3 is 14.2 Å². The number of hydrogen-bond donors (Lipinski definition) is 0. The molecule has 160 valence electrons. The van der Waals surface area contributed by atoms with E-state index in [4.69, 9.17) is 14.2 Å². The molecular formula is C25H42O3. The summed E-state index contributed by atoms with van der Waals surface area (Å²) in [5.41, 5.74) is 2.26. The van der Waals surface area contributed by atoms with Gasteiger partial charge in [0.15, 0.2) is 0 Å². The van der Waals surface area contributed by atoms with Crippen LogP contribution in [0, 0.1) is 16.7 Å². The van der Waals surface area contributed by atoms with E-state index in [0.717, 1.165) is 37.9 Å². The third kappa shape index (κ3) is 3.73. The molecule has 1 fully saturated rings. The molecule has 2 rings (SSSR count). The highest BCUT2D eigenvalue weighted by molar-refractivity contribution is 5.30. The van der Waals surface area contributed by atoms with Crippen LogP contribution >= 0.6 is 0 Å². The smallest absolute Gasteiger partial charge is 0.101 e. The standard InChI is InChI=1S/C25H42O3/c1-18(2)11-10-15-23(5)20-12-13-21(26-7)25(16-14-19(3)4,17-22(23)27-8)24(20,6)28-9/h11,13-14,20,22H,10,12,15-17H2,1-9H3/t20-,22-,23?,24-,25-/m1/s1. The number of ether oxygens (including phenoxy) is 3. The zero-order valence-electron chi connectivity index (χ0n) is 19.6. The quantitative estimate of drug-likeness (QED) is 0.445. The van der Waals surface area contributed by atoms with Gasteiger partial charge in [-0.15, -0.1) is 0 Å². The molecule has 5 atom stereocenters. The second-order valence-corrected chi connectivity index (χ2v) is 9.69. The lowest BCUT2D eigenvalue weighted by atomic mass is 9.44. The Kier molecular flexibility index (Phi) is 7.26. The lowest BCUT2D eigenvalue weighted by molar-refractivity contribution is -0.246. The van der Waals surface area contributed by atoms with Crippen molar-refractivity contribution < 1.29 is 14.2 Å². The van der Waals surface area contributed by atoms with Crippen molar-refractivity contribution in [2.75, 3.05) is 21.3 Å². The molecule has 2 bridgehead atoms. The molecule has 0 aromatic carbocycles. The number of fused-ring (bicyclic) bond motifs is 2. The van der Waals surface area contributed by atoms with Gasteiger partial charge in [-0.3, -0.25) is 0 Å². The van der Waals surface area contributed by atoms with Crippen molar-refractivity contribution in [3.8, 4) is 0 Å². The zero-order chi connectivity index (χ0) is 21.2. The second kappa shape index (κ2) is 8.75. The van der Waals surface area contributed by atoms with Gasteiger partial charge in [0.1, 0.15) is 5.76 Å². The molecule has 0 aromatic rings. The second-order valence-electron chi connectivity index (χ2n) is 9.69. The van der Waals surface area contributed by atoms with Gasteiger partial charge in [0.05, 0.1) is 24.2 Å². The number of methoxy groups -OCH3 is 3. The molecule has 3 heteroatoms. The Morgan fingerprint density at radius 3 is 2.21 bits per heavy atom. The fourth-order valence-corrected chi connectivity index (χ4v) is 5.94. The molecule has 1 unspecified atom stereocenters. The maximum atomic E-state index is 6.41. The zero-order valence-corrected chi connectivity index (χ0v) is 19.6. The molecule has 2 aliphatic carbocycles. The lowest BCUT2D eigenvalue weighted by Gasteiger charge is -2.65. The summed E-state index contributed by atoms with van der Waals surface area (Å²) >= 11 is 0. The van der Waals surface area contributed by atoms with E-state index in [1.807, 2.05) is 14.2 Å². The highest BCUT2D eigenvalue weighted by Gasteiger charge is 2.67. The van der Waals surface area contributed by atoms with Crippen molar-refractivity contribution in [1.82, 2.24) is 0 Å². The summed E-state index contributed by atoms with van der Waals surface area (Å²) in [4.78, 5) is 0. The third-order valence-electron chi connectivity index (χ3n) is 7.71. The van der Waals surface area contributed by atoms with E-state index in [0.29, 0.717) is 5.92 Å². The first-order valence-corrected chi connectivity index (χ1v) is 10.7. The van der Waals surface area contributed by atoms with E-state index in [9.17, 15) is 0 Å². The minimum Gasteiger partial charge on any atom is -0.501 e. The molecular weight excluding hydrogens is 348 g/mol. The summed E-state index contributed by atoms with van der Waals surface area (Å²) in [6, 6.07) is 0. The summed E-state index contributed by atoms with van der Waals surface area (Å²) in [5, 5.41) is 0. The molecule has 0 aliphatic heterocycles. The predicted octanol–water partition coefficient (Wildman–Crippen LogP) is 6.46. The van der Waals surface area contributed by atoms with E-state index >= 15 is 0 Å². The first-order chi connectivity index (χ1) is 13.1. The molecule has 0 saturated heterocycles. The van der Waals surface area contributed by atoms with Crippen LogP contribution in [-0.4, -0.2) is 33.0 Å². The van der Waals surface area contributed by atoms with Crippen LogP contribution in [0.4, 0.5) is 0 Å². The van der Waals surface area contributed by atoms with Crippen molar-refractivity contribution in [3.05, 3.63) is 35.1 Å². The molecule has 0 spiro atoms. The predicted molar refractivity (Wildman–Crippen MR) is 117 cm³/mol. The van der Waals surface area contributed by atoms with E-state index in [2.05, 4.69) is 59.8 Å². The Morgan fingerprint density at radius 2 is 1.71 bits per heavy atom. The first kappa shape index (κ1) is 23.2. The summed E-state index contributed by atoms with van der Waals surface area (Å²) in [5.74, 6) is 1.44. The van der Waals surface area contributed by atoms with E-state index < -0.39 is 0 Å². The van der Waals surface area contributed by atoms with Crippen LogP contribution in [0.2, 0.25) is 0 Å². The molecule has 28 heavy (non-hydrogen) atoms. The van der Waals surface area contributed by atoms with Crippen LogP contribution in [0.3, 0.4) is 0 Å². The largest absolute Gasteiger partial charge is 0.501 e. The van der Waals surface area contributed by atoms with Crippen molar-refractivity contribution in [1.29, 1.82) is 0 Å². The maximum absolute atomic E-state index is 6.41. The molecule has 0 amide bonds. The van der Waals surface area contributed by atoms with Crippen LogP contribution in [0.1, 0.15) is 73.6 Å². The Balaban J connectivity index is 2.59. The average molecular weight is 391 g/mol. The maximum Gasteiger partial charge on any atom is 0.101 e. The van der Waals surface area contributed by atoms with Crippen LogP contribution in [0.25, 0.3) is 0 Å². The SMILES string of the molecule is COC1=CC[C@@H]2C(C)(CCC=C(C)C)[C@H](OC)C[C@@]1(CC=C(C)C)[C@]2(C)OC. The van der Waals surface area contributed by atoms with Crippen LogP contribution < -0.4 is 0 Å².